The van der Waals surface area contributed by atoms with Gasteiger partial charge in [-0.3, -0.25) is 0 Å². The van der Waals surface area contributed by atoms with Crippen LogP contribution in [0.3, 0.4) is 0 Å². The van der Waals surface area contributed by atoms with Crippen LogP contribution in [0.5, 0.6) is 0 Å². The van der Waals surface area contributed by atoms with Crippen molar-refractivity contribution in [3.63, 3.8) is 0 Å². The topological polar surface area (TPSA) is 50.1 Å². The molecule has 3 nitrogen and oxygen atoms in total. The van der Waals surface area contributed by atoms with Crippen molar-refractivity contribution < 1.29 is 9.53 Å². The van der Waals surface area contributed by atoms with E-state index in [-0.39, 0.29) is 6.61 Å². The van der Waals surface area contributed by atoms with E-state index in [0.29, 0.717) is 9.90 Å². The quantitative estimate of drug-likeness (QED) is 0.803. The Morgan fingerprint density at radius 2 is 2.00 bits per heavy atom. The normalized spacial score (nSPS) is 9.78. The molecule has 1 aromatic heterocycles. The van der Waals surface area contributed by atoms with Gasteiger partial charge in [-0.25, -0.2) is 4.79 Å². The number of benzene rings is 1. The number of esters is 1. The van der Waals surface area contributed by atoms with Crippen LogP contribution in [0.15, 0.2) is 36.4 Å². The van der Waals surface area contributed by atoms with E-state index in [0.717, 1.165) is 10.4 Å². The van der Waals surface area contributed by atoms with Crippen molar-refractivity contribution in [2.75, 3.05) is 6.61 Å². The zero-order chi connectivity index (χ0) is 13.0. The molecule has 0 saturated heterocycles. The molecule has 5 heteroatoms. The molecule has 0 amide bonds. The molecule has 1 heterocycles. The Kier molecular flexibility index (Phi) is 3.98. The number of ether oxygens (including phenoxy) is 1. The van der Waals surface area contributed by atoms with E-state index in [1.807, 2.05) is 18.2 Å². The number of carbonyl (C=O) groups is 1. The van der Waals surface area contributed by atoms with Gasteiger partial charge < -0.3 is 4.74 Å². The van der Waals surface area contributed by atoms with Gasteiger partial charge in [0.1, 0.15) is 10.9 Å². The summed E-state index contributed by atoms with van der Waals surface area (Å²) in [6, 6.07) is 12.7. The maximum Gasteiger partial charge on any atom is 0.349 e. The van der Waals surface area contributed by atoms with Crippen molar-refractivity contribution in [3.05, 3.63) is 46.3 Å². The van der Waals surface area contributed by atoms with Gasteiger partial charge >= 0.3 is 5.97 Å². The molecular formula is C13H8ClNO2S. The van der Waals surface area contributed by atoms with Gasteiger partial charge in [-0.05, 0) is 29.8 Å². The number of thiophene rings is 1. The average molecular weight is 278 g/mol. The number of hydrogen-bond acceptors (Lipinski definition) is 4. The van der Waals surface area contributed by atoms with Gasteiger partial charge in [0.05, 0.1) is 0 Å². The van der Waals surface area contributed by atoms with Crippen molar-refractivity contribution in [1.82, 2.24) is 0 Å². The molecule has 0 radical (unpaired) electrons. The first kappa shape index (κ1) is 12.6. The van der Waals surface area contributed by atoms with E-state index in [2.05, 4.69) is 0 Å². The molecule has 0 atom stereocenters. The van der Waals surface area contributed by atoms with E-state index in [9.17, 15) is 4.79 Å². The molecule has 1 aromatic carbocycles. The van der Waals surface area contributed by atoms with E-state index >= 15 is 0 Å². The molecule has 0 aliphatic rings. The lowest BCUT2D eigenvalue weighted by atomic mass is 10.2. The third-order valence-electron chi connectivity index (χ3n) is 2.20. The summed E-state index contributed by atoms with van der Waals surface area (Å²) < 4.78 is 4.73. The van der Waals surface area contributed by atoms with Crippen LogP contribution in [0.25, 0.3) is 10.4 Å². The van der Waals surface area contributed by atoms with Crippen LogP contribution in [0, 0.1) is 11.3 Å². The van der Waals surface area contributed by atoms with Gasteiger partial charge in [-0.15, -0.1) is 11.3 Å². The molecule has 0 bridgehead atoms. The molecule has 0 aliphatic carbocycles. The number of rotatable bonds is 3. The summed E-state index contributed by atoms with van der Waals surface area (Å²) in [5.41, 5.74) is 0.990. The van der Waals surface area contributed by atoms with E-state index in [4.69, 9.17) is 21.6 Å². The summed E-state index contributed by atoms with van der Waals surface area (Å²) in [4.78, 5) is 13.0. The highest BCUT2D eigenvalue weighted by molar-refractivity contribution is 7.17. The second-order valence-electron chi connectivity index (χ2n) is 3.41. The minimum atomic E-state index is -0.471. The van der Waals surface area contributed by atoms with Crippen LogP contribution in [0.4, 0.5) is 0 Å². The highest BCUT2D eigenvalue weighted by Gasteiger charge is 2.11. The maximum atomic E-state index is 11.5. The molecule has 18 heavy (non-hydrogen) atoms. The standard InChI is InChI=1S/C13H8ClNO2S/c14-10-3-1-9(2-4-10)11-5-6-12(18-11)13(16)17-8-7-15/h1-6H,8H2. The van der Waals surface area contributed by atoms with Gasteiger partial charge in [0.15, 0.2) is 6.61 Å². The molecule has 90 valence electrons. The summed E-state index contributed by atoms with van der Waals surface area (Å²) in [7, 11) is 0. The lowest BCUT2D eigenvalue weighted by molar-refractivity contribution is 0.0560. The zero-order valence-electron chi connectivity index (χ0n) is 9.22. The van der Waals surface area contributed by atoms with Gasteiger partial charge in [-0.1, -0.05) is 23.7 Å². The highest BCUT2D eigenvalue weighted by atomic mass is 35.5. The van der Waals surface area contributed by atoms with Crippen LogP contribution in [0.2, 0.25) is 5.02 Å². The lowest BCUT2D eigenvalue weighted by Gasteiger charge is -1.97. The number of nitrogens with zero attached hydrogens (tertiary/aromatic N) is 1. The third kappa shape index (κ3) is 2.89. The van der Waals surface area contributed by atoms with Crippen LogP contribution in [-0.2, 0) is 4.74 Å². The number of halogens is 1. The summed E-state index contributed by atoms with van der Waals surface area (Å²) in [5, 5.41) is 9.01. The summed E-state index contributed by atoms with van der Waals surface area (Å²) in [6.07, 6.45) is 0. The number of nitriles is 1. The maximum absolute atomic E-state index is 11.5. The Morgan fingerprint density at radius 3 is 2.67 bits per heavy atom. The molecule has 0 saturated carbocycles. The number of hydrogen-bond donors (Lipinski definition) is 0. The Labute approximate surface area is 113 Å². The first-order valence-electron chi connectivity index (χ1n) is 5.10. The Morgan fingerprint density at radius 1 is 1.28 bits per heavy atom. The molecule has 0 unspecified atom stereocenters. The van der Waals surface area contributed by atoms with Crippen LogP contribution in [-0.4, -0.2) is 12.6 Å². The summed E-state index contributed by atoms with van der Waals surface area (Å²) >= 11 is 7.13. The first-order valence-corrected chi connectivity index (χ1v) is 6.30. The zero-order valence-corrected chi connectivity index (χ0v) is 10.8. The highest BCUT2D eigenvalue weighted by Crippen LogP contribution is 2.29. The van der Waals surface area contributed by atoms with E-state index < -0.39 is 5.97 Å². The predicted octanol–water partition coefficient (Wildman–Crippen LogP) is 3.75. The van der Waals surface area contributed by atoms with Crippen LogP contribution in [0.1, 0.15) is 9.67 Å². The fraction of sp³-hybridized carbons (Fsp3) is 0.0769. The minimum absolute atomic E-state index is 0.229. The Balaban J connectivity index is 2.18. The molecule has 2 rings (SSSR count). The van der Waals surface area contributed by atoms with Gasteiger partial charge in [0.25, 0.3) is 0 Å². The summed E-state index contributed by atoms with van der Waals surface area (Å²) in [6.45, 7) is -0.229. The fourth-order valence-electron chi connectivity index (χ4n) is 1.39. The fourth-order valence-corrected chi connectivity index (χ4v) is 2.42. The largest absolute Gasteiger partial charge is 0.446 e. The monoisotopic (exact) mass is 277 g/mol. The smallest absolute Gasteiger partial charge is 0.349 e. The van der Waals surface area contributed by atoms with Crippen LogP contribution < -0.4 is 0 Å². The molecule has 2 aromatic rings. The van der Waals surface area contributed by atoms with E-state index in [1.54, 1.807) is 24.3 Å². The van der Waals surface area contributed by atoms with Gasteiger partial charge in [0, 0.05) is 9.90 Å². The Hall–Kier alpha value is -1.83. The molecule has 0 aliphatic heterocycles. The molecular weight excluding hydrogens is 270 g/mol. The van der Waals surface area contributed by atoms with Crippen LogP contribution >= 0.6 is 22.9 Å². The second kappa shape index (κ2) is 5.67. The Bertz CT molecular complexity index is 598. The van der Waals surface area contributed by atoms with Crippen molar-refractivity contribution in [2.24, 2.45) is 0 Å². The van der Waals surface area contributed by atoms with Crippen molar-refractivity contribution in [3.8, 4) is 16.5 Å². The average Bonchev–Trinajstić information content (AvgIpc) is 2.86. The lowest BCUT2D eigenvalue weighted by Crippen LogP contribution is -2.02. The first-order chi connectivity index (χ1) is 8.70. The van der Waals surface area contributed by atoms with Gasteiger partial charge in [-0.2, -0.15) is 5.26 Å². The minimum Gasteiger partial charge on any atom is -0.446 e. The van der Waals surface area contributed by atoms with E-state index in [1.165, 1.54) is 11.3 Å². The van der Waals surface area contributed by atoms with Crippen molar-refractivity contribution in [1.29, 1.82) is 5.26 Å². The second-order valence-corrected chi connectivity index (χ2v) is 4.93. The summed E-state index contributed by atoms with van der Waals surface area (Å²) in [5.74, 6) is -0.471. The van der Waals surface area contributed by atoms with Gasteiger partial charge in [0.2, 0.25) is 0 Å². The molecule has 0 spiro atoms. The van der Waals surface area contributed by atoms with Crippen molar-refractivity contribution in [2.45, 2.75) is 0 Å². The van der Waals surface area contributed by atoms with Crippen molar-refractivity contribution >= 4 is 28.9 Å². The third-order valence-corrected chi connectivity index (χ3v) is 3.57. The number of carbonyl (C=O) groups excluding carboxylic acids is 1. The SMILES string of the molecule is N#CCOC(=O)c1ccc(-c2ccc(Cl)cc2)s1. The molecule has 0 N–H and O–H groups in total. The molecule has 0 fully saturated rings. The predicted molar refractivity (Wildman–Crippen MR) is 70.7 cm³/mol.